The van der Waals surface area contributed by atoms with Gasteiger partial charge in [0.2, 0.25) is 0 Å². The predicted molar refractivity (Wildman–Crippen MR) is 136 cm³/mol. The summed E-state index contributed by atoms with van der Waals surface area (Å²) >= 11 is 0. The maximum atomic E-state index is 6.74. The first-order valence-corrected chi connectivity index (χ1v) is 13.3. The van der Waals surface area contributed by atoms with E-state index in [1.165, 1.54) is 31.2 Å². The fraction of sp³-hybridized carbons (Fsp3) is 0.786. The Hall–Kier alpha value is -0.980. The number of unbranched alkanes of at least 4 members (excludes halogenated alkanes) is 4. The molecule has 0 amide bonds. The van der Waals surface area contributed by atoms with Crippen molar-refractivity contribution >= 4 is 0 Å². The molecule has 0 radical (unpaired) electrons. The molecule has 0 aliphatic rings. The van der Waals surface area contributed by atoms with Gasteiger partial charge < -0.3 is 23.7 Å². The van der Waals surface area contributed by atoms with Crippen LogP contribution in [0.2, 0.25) is 0 Å². The molecule has 1 aromatic rings. The summed E-state index contributed by atoms with van der Waals surface area (Å²) in [6.07, 6.45) is 7.67. The van der Waals surface area contributed by atoms with Gasteiger partial charge in [0.15, 0.2) is 5.60 Å². The van der Waals surface area contributed by atoms with Crippen molar-refractivity contribution in [3.8, 4) is 0 Å². The zero-order valence-corrected chi connectivity index (χ0v) is 22.2. The second-order valence-electron chi connectivity index (χ2n) is 8.29. The molecular weight excluding hydrogens is 416 g/mol. The second-order valence-corrected chi connectivity index (χ2v) is 8.29. The van der Waals surface area contributed by atoms with Crippen LogP contribution in [0.15, 0.2) is 30.3 Å². The largest absolute Gasteiger partial charge is 0.382 e. The number of hydrogen-bond acceptors (Lipinski definition) is 5. The normalized spacial score (nSPS) is 14.8. The van der Waals surface area contributed by atoms with Crippen molar-refractivity contribution in [3.63, 3.8) is 0 Å². The van der Waals surface area contributed by atoms with Gasteiger partial charge in [0, 0.05) is 52.0 Å². The van der Waals surface area contributed by atoms with Gasteiger partial charge in [0.1, 0.15) is 0 Å². The van der Waals surface area contributed by atoms with Crippen LogP contribution in [-0.2, 0) is 23.7 Å². The first-order chi connectivity index (χ1) is 16.1. The molecule has 5 heteroatoms. The lowest BCUT2D eigenvalue weighted by molar-refractivity contribution is -0.450. The zero-order chi connectivity index (χ0) is 24.4. The molecule has 1 aromatic carbocycles. The molecular formula is C28H50O5. The van der Waals surface area contributed by atoms with Crippen LogP contribution < -0.4 is 0 Å². The number of rotatable bonds is 21. The van der Waals surface area contributed by atoms with Gasteiger partial charge in [-0.2, -0.15) is 0 Å². The van der Waals surface area contributed by atoms with E-state index < -0.39 is 11.6 Å². The van der Waals surface area contributed by atoms with Crippen LogP contribution in [0, 0.1) is 0 Å². The molecule has 0 bridgehead atoms. The minimum Gasteiger partial charge on any atom is -0.382 e. The number of ether oxygens (including phenoxy) is 5. The highest BCUT2D eigenvalue weighted by Gasteiger charge is 2.60. The standard InChI is InChI=1S/C28H50O5/c1-7-13-14-15-19-22-26(25-20-17-16-18-21-25)27(30-9-3,23-24-29-8-2)28(31-10-4,32-11-5)33-12-6/h16-18,20-21,26H,7-15,19,22-24H2,1-6H3. The SMILES string of the molecule is CCCCCCCC(c1ccccc1)C(CCOCC)(OCC)C(OCC)(OCC)OCC. The minimum absolute atomic E-state index is 0.0328. The van der Waals surface area contributed by atoms with Gasteiger partial charge in [-0.05, 0) is 46.6 Å². The van der Waals surface area contributed by atoms with E-state index in [1.54, 1.807) is 0 Å². The topological polar surface area (TPSA) is 46.2 Å². The number of benzene rings is 1. The van der Waals surface area contributed by atoms with Gasteiger partial charge in [0.05, 0.1) is 0 Å². The molecule has 2 unspecified atom stereocenters. The average molecular weight is 467 g/mol. The summed E-state index contributed by atoms with van der Waals surface area (Å²) in [6.45, 7) is 15.4. The van der Waals surface area contributed by atoms with Crippen LogP contribution in [0.1, 0.15) is 98.0 Å². The van der Waals surface area contributed by atoms with Crippen molar-refractivity contribution < 1.29 is 23.7 Å². The summed E-state index contributed by atoms with van der Waals surface area (Å²) in [5.74, 6) is -1.28. The van der Waals surface area contributed by atoms with Gasteiger partial charge in [-0.25, -0.2) is 0 Å². The molecule has 0 aliphatic carbocycles. The van der Waals surface area contributed by atoms with Gasteiger partial charge >= 0.3 is 5.97 Å². The van der Waals surface area contributed by atoms with Crippen molar-refractivity contribution in [2.75, 3.05) is 39.6 Å². The maximum Gasteiger partial charge on any atom is 0.314 e. The Labute approximate surface area is 203 Å². The van der Waals surface area contributed by atoms with Crippen molar-refractivity contribution in [1.82, 2.24) is 0 Å². The van der Waals surface area contributed by atoms with Gasteiger partial charge in [-0.15, -0.1) is 0 Å². The Balaban J connectivity index is 3.60. The molecule has 33 heavy (non-hydrogen) atoms. The summed E-state index contributed by atoms with van der Waals surface area (Å²) in [4.78, 5) is 0. The molecule has 2 atom stereocenters. The molecule has 0 saturated heterocycles. The molecule has 1 rings (SSSR count). The molecule has 0 fully saturated rings. The molecule has 192 valence electrons. The van der Waals surface area contributed by atoms with Crippen LogP contribution in [0.3, 0.4) is 0 Å². The molecule has 0 aliphatic heterocycles. The van der Waals surface area contributed by atoms with Crippen LogP contribution in [0.5, 0.6) is 0 Å². The van der Waals surface area contributed by atoms with E-state index in [4.69, 9.17) is 23.7 Å². The lowest BCUT2D eigenvalue weighted by atomic mass is 9.74. The summed E-state index contributed by atoms with van der Waals surface area (Å²) in [6, 6.07) is 10.6. The highest BCUT2D eigenvalue weighted by atomic mass is 16.9. The van der Waals surface area contributed by atoms with Crippen LogP contribution in [0.25, 0.3) is 0 Å². The molecule has 5 nitrogen and oxygen atoms in total. The fourth-order valence-electron chi connectivity index (χ4n) is 4.80. The van der Waals surface area contributed by atoms with E-state index in [0.29, 0.717) is 46.1 Å². The fourth-order valence-corrected chi connectivity index (χ4v) is 4.80. The summed E-state index contributed by atoms with van der Waals surface area (Å²) in [7, 11) is 0. The highest BCUT2D eigenvalue weighted by molar-refractivity contribution is 5.25. The van der Waals surface area contributed by atoms with Gasteiger partial charge in [-0.3, -0.25) is 0 Å². The Kier molecular flexibility index (Phi) is 15.9. The second kappa shape index (κ2) is 17.5. The van der Waals surface area contributed by atoms with E-state index >= 15 is 0 Å². The van der Waals surface area contributed by atoms with Crippen LogP contribution in [0.4, 0.5) is 0 Å². The molecule has 0 heterocycles. The third kappa shape index (κ3) is 8.63. The Morgan fingerprint density at radius 1 is 0.667 bits per heavy atom. The first-order valence-electron chi connectivity index (χ1n) is 13.3. The average Bonchev–Trinajstić information content (AvgIpc) is 2.82. The first kappa shape index (κ1) is 30.1. The molecule has 0 aromatic heterocycles. The monoisotopic (exact) mass is 466 g/mol. The third-order valence-electron chi connectivity index (χ3n) is 6.11. The van der Waals surface area contributed by atoms with E-state index in [1.807, 2.05) is 34.6 Å². The highest BCUT2D eigenvalue weighted by Crippen LogP contribution is 2.48. The lowest BCUT2D eigenvalue weighted by Gasteiger charge is -2.52. The summed E-state index contributed by atoms with van der Waals surface area (Å²) in [5, 5.41) is 0. The Morgan fingerprint density at radius 3 is 1.76 bits per heavy atom. The van der Waals surface area contributed by atoms with Crippen molar-refractivity contribution in [3.05, 3.63) is 35.9 Å². The lowest BCUT2D eigenvalue weighted by Crippen LogP contribution is -2.64. The van der Waals surface area contributed by atoms with Gasteiger partial charge in [-0.1, -0.05) is 69.4 Å². The van der Waals surface area contributed by atoms with E-state index in [0.717, 1.165) is 12.8 Å². The van der Waals surface area contributed by atoms with E-state index in [-0.39, 0.29) is 5.92 Å². The summed E-state index contributed by atoms with van der Waals surface area (Å²) in [5.41, 5.74) is 0.367. The maximum absolute atomic E-state index is 6.74. The van der Waals surface area contributed by atoms with Crippen molar-refractivity contribution in [2.24, 2.45) is 0 Å². The molecule has 0 spiro atoms. The smallest absolute Gasteiger partial charge is 0.314 e. The minimum atomic E-state index is -1.32. The summed E-state index contributed by atoms with van der Waals surface area (Å²) < 4.78 is 31.7. The van der Waals surface area contributed by atoms with E-state index in [2.05, 4.69) is 37.3 Å². The van der Waals surface area contributed by atoms with Crippen LogP contribution >= 0.6 is 0 Å². The quantitative estimate of drug-likeness (QED) is 0.143. The number of hydrogen-bond donors (Lipinski definition) is 0. The Bertz CT molecular complexity index is 562. The molecule has 0 N–H and O–H groups in total. The predicted octanol–water partition coefficient (Wildman–Crippen LogP) is 7.10. The van der Waals surface area contributed by atoms with Crippen molar-refractivity contribution in [2.45, 2.75) is 104 Å². The molecule has 0 saturated carbocycles. The zero-order valence-electron chi connectivity index (χ0n) is 22.2. The van der Waals surface area contributed by atoms with E-state index in [9.17, 15) is 0 Å². The van der Waals surface area contributed by atoms with Crippen molar-refractivity contribution in [1.29, 1.82) is 0 Å². The van der Waals surface area contributed by atoms with Gasteiger partial charge in [0.25, 0.3) is 0 Å². The third-order valence-corrected chi connectivity index (χ3v) is 6.11. The Morgan fingerprint density at radius 2 is 1.24 bits per heavy atom. The van der Waals surface area contributed by atoms with Crippen LogP contribution in [-0.4, -0.2) is 51.2 Å².